The summed E-state index contributed by atoms with van der Waals surface area (Å²) in [4.78, 5) is 8.91. The van der Waals surface area contributed by atoms with Crippen LogP contribution in [0.25, 0.3) is 0 Å². The van der Waals surface area contributed by atoms with Crippen molar-refractivity contribution in [3.8, 4) is 0 Å². The molecule has 144 valence electrons. The van der Waals surface area contributed by atoms with Gasteiger partial charge in [0.1, 0.15) is 11.6 Å². The third-order valence-electron chi connectivity index (χ3n) is 5.13. The molecule has 0 spiro atoms. The molecule has 1 N–H and O–H groups in total. The Balaban J connectivity index is 1.46. The van der Waals surface area contributed by atoms with E-state index in [0.717, 1.165) is 69.4 Å². The lowest BCUT2D eigenvalue weighted by Gasteiger charge is -2.35. The molecule has 4 rings (SSSR count). The number of hydrogen-bond acceptors (Lipinski definition) is 5. The molecule has 0 amide bonds. The summed E-state index contributed by atoms with van der Waals surface area (Å²) >= 11 is 6.40. The third-order valence-corrected chi connectivity index (χ3v) is 5.43. The zero-order valence-corrected chi connectivity index (χ0v) is 16.0. The standard InChI is InChI=1S/C20H24ClFN4O/c21-18-13-23-20(25-7-9-27-10-8-25)12-19(18)24-16-4-2-6-26(14-16)17-5-1-3-15(22)11-17/h1,3,5,11-13,16H,2,4,6-10,14H2,(H,23,24)/t16-/m1/s1. The lowest BCUT2D eigenvalue weighted by Crippen LogP contribution is -2.42. The van der Waals surface area contributed by atoms with E-state index in [1.54, 1.807) is 18.3 Å². The molecule has 0 saturated carbocycles. The minimum atomic E-state index is -0.199. The first-order chi connectivity index (χ1) is 13.2. The zero-order valence-electron chi connectivity index (χ0n) is 15.2. The summed E-state index contributed by atoms with van der Waals surface area (Å²) in [5, 5.41) is 4.20. The number of hydrogen-bond donors (Lipinski definition) is 1. The fourth-order valence-electron chi connectivity index (χ4n) is 3.73. The summed E-state index contributed by atoms with van der Waals surface area (Å²) in [5.74, 6) is 0.720. The highest BCUT2D eigenvalue weighted by atomic mass is 35.5. The van der Waals surface area contributed by atoms with Crippen LogP contribution in [0.4, 0.5) is 21.6 Å². The molecular weight excluding hydrogens is 367 g/mol. The molecular formula is C20H24ClFN4O. The summed E-state index contributed by atoms with van der Waals surface area (Å²) in [6.45, 7) is 4.87. The number of morpholine rings is 1. The van der Waals surface area contributed by atoms with Gasteiger partial charge in [0.25, 0.3) is 0 Å². The van der Waals surface area contributed by atoms with Crippen molar-refractivity contribution < 1.29 is 9.13 Å². The van der Waals surface area contributed by atoms with Gasteiger partial charge in [-0.15, -0.1) is 0 Å². The SMILES string of the molecule is Fc1cccc(N2CCC[C@@H](Nc3cc(N4CCOCC4)ncc3Cl)C2)c1. The van der Waals surface area contributed by atoms with Crippen molar-refractivity contribution in [1.82, 2.24) is 4.98 Å². The number of anilines is 3. The highest BCUT2D eigenvalue weighted by Gasteiger charge is 2.22. The Morgan fingerprint density at radius 3 is 2.81 bits per heavy atom. The minimum Gasteiger partial charge on any atom is -0.379 e. The van der Waals surface area contributed by atoms with Gasteiger partial charge in [0.2, 0.25) is 0 Å². The van der Waals surface area contributed by atoms with E-state index < -0.39 is 0 Å². The molecule has 5 nitrogen and oxygen atoms in total. The van der Waals surface area contributed by atoms with Gasteiger partial charge >= 0.3 is 0 Å². The predicted molar refractivity (Wildman–Crippen MR) is 108 cm³/mol. The molecule has 0 unspecified atom stereocenters. The third kappa shape index (κ3) is 4.45. The molecule has 2 fully saturated rings. The van der Waals surface area contributed by atoms with Crippen LogP contribution in [0, 0.1) is 5.82 Å². The number of nitrogens with one attached hydrogen (secondary N) is 1. The average molecular weight is 391 g/mol. The Labute approximate surface area is 164 Å². The van der Waals surface area contributed by atoms with Crippen molar-refractivity contribution in [2.24, 2.45) is 0 Å². The molecule has 27 heavy (non-hydrogen) atoms. The Morgan fingerprint density at radius 2 is 2.00 bits per heavy atom. The fraction of sp³-hybridized carbons (Fsp3) is 0.450. The average Bonchev–Trinajstić information content (AvgIpc) is 2.71. The van der Waals surface area contributed by atoms with Crippen LogP contribution in [0.3, 0.4) is 0 Å². The number of pyridine rings is 1. The van der Waals surface area contributed by atoms with Crippen LogP contribution in [0.5, 0.6) is 0 Å². The molecule has 2 aliphatic rings. The Bertz CT molecular complexity index is 784. The second kappa shape index (κ2) is 8.31. The van der Waals surface area contributed by atoms with Gasteiger partial charge in [-0.25, -0.2) is 9.37 Å². The summed E-state index contributed by atoms with van der Waals surface area (Å²) < 4.78 is 19.0. The molecule has 2 saturated heterocycles. The van der Waals surface area contributed by atoms with Crippen molar-refractivity contribution >= 4 is 28.8 Å². The molecule has 2 aliphatic heterocycles. The second-order valence-corrected chi connectivity index (χ2v) is 7.44. The largest absolute Gasteiger partial charge is 0.379 e. The van der Waals surface area contributed by atoms with Gasteiger partial charge in [-0.2, -0.15) is 0 Å². The molecule has 7 heteroatoms. The number of piperidine rings is 1. The smallest absolute Gasteiger partial charge is 0.130 e. The quantitative estimate of drug-likeness (QED) is 0.860. The van der Waals surface area contributed by atoms with Gasteiger partial charge in [-0.1, -0.05) is 17.7 Å². The summed E-state index contributed by atoms with van der Waals surface area (Å²) in [7, 11) is 0. The first-order valence-electron chi connectivity index (χ1n) is 9.44. The van der Waals surface area contributed by atoms with E-state index in [-0.39, 0.29) is 11.9 Å². The topological polar surface area (TPSA) is 40.6 Å². The van der Waals surface area contributed by atoms with Crippen LogP contribution in [0.1, 0.15) is 12.8 Å². The van der Waals surface area contributed by atoms with Crippen LogP contribution in [-0.2, 0) is 4.74 Å². The minimum absolute atomic E-state index is 0.199. The molecule has 2 aromatic rings. The maximum atomic E-state index is 13.6. The Kier molecular flexibility index (Phi) is 5.64. The van der Waals surface area contributed by atoms with Crippen LogP contribution in [0.2, 0.25) is 5.02 Å². The van der Waals surface area contributed by atoms with Gasteiger partial charge in [0, 0.05) is 50.2 Å². The van der Waals surface area contributed by atoms with Crippen molar-refractivity contribution in [3.05, 3.63) is 47.4 Å². The normalized spacial score (nSPS) is 20.6. The molecule has 1 atom stereocenters. The van der Waals surface area contributed by atoms with Crippen LogP contribution < -0.4 is 15.1 Å². The van der Waals surface area contributed by atoms with Crippen molar-refractivity contribution in [2.75, 3.05) is 54.5 Å². The fourth-order valence-corrected chi connectivity index (χ4v) is 3.88. The second-order valence-electron chi connectivity index (χ2n) is 7.03. The van der Waals surface area contributed by atoms with E-state index in [4.69, 9.17) is 16.3 Å². The van der Waals surface area contributed by atoms with Crippen molar-refractivity contribution in [3.63, 3.8) is 0 Å². The number of aromatic nitrogens is 1. The number of nitrogens with zero attached hydrogens (tertiary/aromatic N) is 3. The van der Waals surface area contributed by atoms with Gasteiger partial charge < -0.3 is 19.9 Å². The molecule has 1 aromatic heterocycles. The highest BCUT2D eigenvalue weighted by Crippen LogP contribution is 2.29. The van der Waals surface area contributed by atoms with E-state index >= 15 is 0 Å². The first-order valence-corrected chi connectivity index (χ1v) is 9.82. The number of ether oxygens (including phenoxy) is 1. The Hall–Kier alpha value is -2.05. The first kappa shape index (κ1) is 18.3. The highest BCUT2D eigenvalue weighted by molar-refractivity contribution is 6.33. The van der Waals surface area contributed by atoms with Gasteiger partial charge in [0.15, 0.2) is 0 Å². The lowest BCUT2D eigenvalue weighted by atomic mass is 10.0. The van der Waals surface area contributed by atoms with E-state index in [1.165, 1.54) is 6.07 Å². The number of halogens is 2. The summed E-state index contributed by atoms with van der Waals surface area (Å²) in [6.07, 6.45) is 3.81. The van der Waals surface area contributed by atoms with Crippen LogP contribution >= 0.6 is 11.6 Å². The van der Waals surface area contributed by atoms with Gasteiger partial charge in [-0.05, 0) is 31.0 Å². The lowest BCUT2D eigenvalue weighted by molar-refractivity contribution is 0.122. The molecule has 1 aromatic carbocycles. The van der Waals surface area contributed by atoms with Crippen molar-refractivity contribution in [1.29, 1.82) is 0 Å². The molecule has 3 heterocycles. The zero-order chi connectivity index (χ0) is 18.6. The van der Waals surface area contributed by atoms with E-state index in [9.17, 15) is 4.39 Å². The van der Waals surface area contributed by atoms with Gasteiger partial charge in [-0.3, -0.25) is 0 Å². The van der Waals surface area contributed by atoms with E-state index in [2.05, 4.69) is 20.1 Å². The maximum absolute atomic E-state index is 13.6. The summed E-state index contributed by atoms with van der Waals surface area (Å²) in [6, 6.07) is 9.07. The van der Waals surface area contributed by atoms with Crippen molar-refractivity contribution in [2.45, 2.75) is 18.9 Å². The monoisotopic (exact) mass is 390 g/mol. The molecule has 0 bridgehead atoms. The van der Waals surface area contributed by atoms with E-state index in [0.29, 0.717) is 5.02 Å². The van der Waals surface area contributed by atoms with E-state index in [1.807, 2.05) is 12.1 Å². The number of rotatable bonds is 4. The molecule has 0 radical (unpaired) electrons. The molecule has 0 aliphatic carbocycles. The summed E-state index contributed by atoms with van der Waals surface area (Å²) in [5.41, 5.74) is 1.83. The predicted octanol–water partition coefficient (Wildman–Crippen LogP) is 3.79. The van der Waals surface area contributed by atoms with Crippen LogP contribution in [-0.4, -0.2) is 50.4 Å². The van der Waals surface area contributed by atoms with Gasteiger partial charge in [0.05, 0.1) is 23.9 Å². The van der Waals surface area contributed by atoms with Crippen LogP contribution in [0.15, 0.2) is 36.5 Å². The maximum Gasteiger partial charge on any atom is 0.130 e. The Morgan fingerprint density at radius 1 is 1.15 bits per heavy atom. The number of benzene rings is 1.